The molecular formula is C27H32N4O5S. The number of nitrogens with one attached hydrogen (secondary N) is 2. The maximum absolute atomic E-state index is 13.7. The zero-order chi connectivity index (χ0) is 26.3. The van der Waals surface area contributed by atoms with Gasteiger partial charge in [0.25, 0.3) is 5.91 Å². The number of nitrogens with zero attached hydrogens (tertiary/aromatic N) is 2. The number of aromatic nitrogens is 1. The van der Waals surface area contributed by atoms with Crippen molar-refractivity contribution in [2.75, 3.05) is 44.1 Å². The van der Waals surface area contributed by atoms with E-state index < -0.39 is 10.0 Å². The van der Waals surface area contributed by atoms with Gasteiger partial charge in [-0.2, -0.15) is 0 Å². The van der Waals surface area contributed by atoms with Crippen LogP contribution in [0.2, 0.25) is 0 Å². The molecule has 2 unspecified atom stereocenters. The molecule has 2 atom stereocenters. The van der Waals surface area contributed by atoms with Crippen LogP contribution in [-0.4, -0.2) is 63.5 Å². The second-order valence-electron chi connectivity index (χ2n) is 10.0. The van der Waals surface area contributed by atoms with Crippen molar-refractivity contribution in [3.8, 4) is 0 Å². The lowest BCUT2D eigenvalue weighted by Crippen LogP contribution is -2.50. The maximum atomic E-state index is 13.7. The fraction of sp³-hybridized carbons (Fsp3) is 0.407. The Morgan fingerprint density at radius 1 is 1.14 bits per heavy atom. The number of carbonyl (C=O) groups excluding carboxylic acids is 1. The van der Waals surface area contributed by atoms with Crippen LogP contribution in [0, 0.1) is 12.8 Å². The van der Waals surface area contributed by atoms with Crippen molar-refractivity contribution in [3.63, 3.8) is 0 Å². The van der Waals surface area contributed by atoms with E-state index in [2.05, 4.69) is 15.2 Å². The molecule has 2 N–H and O–H groups in total. The van der Waals surface area contributed by atoms with Gasteiger partial charge in [-0.3, -0.25) is 9.59 Å². The Kier molecular flexibility index (Phi) is 6.82. The number of aromatic amines is 1. The number of benzene rings is 2. The normalized spacial score (nSPS) is 20.2. The van der Waals surface area contributed by atoms with Gasteiger partial charge >= 0.3 is 0 Å². The zero-order valence-electron chi connectivity index (χ0n) is 21.3. The largest absolute Gasteiger partial charge is 0.381 e. The van der Waals surface area contributed by atoms with Crippen LogP contribution >= 0.6 is 0 Å². The fourth-order valence-corrected chi connectivity index (χ4v) is 6.41. The quantitative estimate of drug-likeness (QED) is 0.530. The Morgan fingerprint density at radius 3 is 2.73 bits per heavy atom. The molecule has 37 heavy (non-hydrogen) atoms. The number of piperidine rings is 1. The topological polar surface area (TPSA) is 112 Å². The van der Waals surface area contributed by atoms with Gasteiger partial charge in [0.1, 0.15) is 0 Å². The van der Waals surface area contributed by atoms with E-state index in [-0.39, 0.29) is 22.4 Å². The van der Waals surface area contributed by atoms with Gasteiger partial charge in [-0.25, -0.2) is 12.7 Å². The van der Waals surface area contributed by atoms with Gasteiger partial charge in [-0.1, -0.05) is 0 Å². The second kappa shape index (κ2) is 9.92. The Hall–Kier alpha value is -3.21. The molecule has 2 aliphatic rings. The molecule has 3 aromatic rings. The molecule has 0 bridgehead atoms. The minimum Gasteiger partial charge on any atom is -0.381 e. The average molecular weight is 525 g/mol. The van der Waals surface area contributed by atoms with Crippen LogP contribution in [0.4, 0.5) is 11.4 Å². The number of carbonyl (C=O) groups is 1. The number of amides is 1. The van der Waals surface area contributed by atoms with Crippen LogP contribution < -0.4 is 15.8 Å². The molecule has 0 saturated carbocycles. The highest BCUT2D eigenvalue weighted by atomic mass is 32.2. The third-order valence-corrected chi connectivity index (χ3v) is 9.23. The van der Waals surface area contributed by atoms with Gasteiger partial charge in [0.2, 0.25) is 15.6 Å². The Bertz CT molecular complexity index is 1510. The summed E-state index contributed by atoms with van der Waals surface area (Å²) < 4.78 is 32.7. The molecule has 5 rings (SSSR count). The lowest BCUT2D eigenvalue weighted by molar-refractivity contribution is 0.0284. The first kappa shape index (κ1) is 25.4. The van der Waals surface area contributed by atoms with Crippen LogP contribution in [0.3, 0.4) is 0 Å². The summed E-state index contributed by atoms with van der Waals surface area (Å²) in [6.45, 7) is 4.01. The van der Waals surface area contributed by atoms with Crippen molar-refractivity contribution in [2.24, 2.45) is 5.92 Å². The van der Waals surface area contributed by atoms with Crippen LogP contribution in [0.5, 0.6) is 0 Å². The van der Waals surface area contributed by atoms with Crippen molar-refractivity contribution >= 4 is 38.2 Å². The molecular weight excluding hydrogens is 492 g/mol. The number of anilines is 2. The summed E-state index contributed by atoms with van der Waals surface area (Å²) in [7, 11) is -0.786. The number of sulfonamides is 1. The van der Waals surface area contributed by atoms with Crippen molar-refractivity contribution in [2.45, 2.75) is 37.1 Å². The van der Waals surface area contributed by atoms with E-state index in [1.54, 1.807) is 24.3 Å². The standard InChI is InChI=1S/C27H32N4O5S/c1-17-13-26(32)29-23-8-6-19(14-21(17)23)28-27(33)22-15-20(37(34,35)30(2)3)7-9-25(22)31-11-4-5-18-16-36-12-10-24(18)31/h6-9,13-15,18,24H,4-5,10-12,16H2,1-3H3,(H,28,33)(H,29,32). The van der Waals surface area contributed by atoms with E-state index in [9.17, 15) is 18.0 Å². The number of pyridine rings is 1. The first-order valence-electron chi connectivity index (χ1n) is 12.5. The molecule has 2 fully saturated rings. The molecule has 0 spiro atoms. The summed E-state index contributed by atoms with van der Waals surface area (Å²) in [4.78, 5) is 30.7. The fourth-order valence-electron chi connectivity index (χ4n) is 5.48. The van der Waals surface area contributed by atoms with Crippen LogP contribution in [0.1, 0.15) is 35.2 Å². The first-order chi connectivity index (χ1) is 17.6. The monoisotopic (exact) mass is 524 g/mol. The predicted octanol–water partition coefficient (Wildman–Crippen LogP) is 3.34. The third-order valence-electron chi connectivity index (χ3n) is 7.42. The number of hydrogen-bond acceptors (Lipinski definition) is 6. The van der Waals surface area contributed by atoms with Crippen LogP contribution in [0.15, 0.2) is 52.2 Å². The Labute approximate surface area is 216 Å². The summed E-state index contributed by atoms with van der Waals surface area (Å²) >= 11 is 0. The van der Waals surface area contributed by atoms with E-state index >= 15 is 0 Å². The van der Waals surface area contributed by atoms with Crippen LogP contribution in [0.25, 0.3) is 10.9 Å². The molecule has 2 saturated heterocycles. The van der Waals surface area contributed by atoms with Gasteiger partial charge in [0.15, 0.2) is 0 Å². The highest BCUT2D eigenvalue weighted by Crippen LogP contribution is 2.36. The minimum absolute atomic E-state index is 0.0684. The number of rotatable bonds is 5. The van der Waals surface area contributed by atoms with E-state index in [0.717, 1.165) is 46.7 Å². The SMILES string of the molecule is Cc1cc(=O)[nH]c2ccc(NC(=O)c3cc(S(=O)(=O)N(C)C)ccc3N3CCCC4COCCC43)cc12. The molecule has 10 heteroatoms. The molecule has 2 aliphatic heterocycles. The molecule has 1 amide bonds. The van der Waals surface area contributed by atoms with Crippen molar-refractivity contribution in [1.29, 1.82) is 0 Å². The Balaban J connectivity index is 1.56. The lowest BCUT2D eigenvalue weighted by atomic mass is 9.85. The van der Waals surface area contributed by atoms with Crippen molar-refractivity contribution in [3.05, 3.63) is 63.9 Å². The summed E-state index contributed by atoms with van der Waals surface area (Å²) in [5.41, 5.74) is 2.90. The molecule has 0 aliphatic carbocycles. The predicted molar refractivity (Wildman–Crippen MR) is 144 cm³/mol. The average Bonchev–Trinajstić information content (AvgIpc) is 2.88. The van der Waals surface area contributed by atoms with E-state index in [1.165, 1.54) is 26.2 Å². The highest BCUT2D eigenvalue weighted by Gasteiger charge is 2.36. The summed E-state index contributed by atoms with van der Waals surface area (Å²) in [5, 5.41) is 3.78. The number of aryl methyl sites for hydroxylation is 1. The van der Waals surface area contributed by atoms with Crippen LogP contribution in [-0.2, 0) is 14.8 Å². The minimum atomic E-state index is -3.73. The van der Waals surface area contributed by atoms with Crippen molar-refractivity contribution < 1.29 is 17.9 Å². The Morgan fingerprint density at radius 2 is 1.95 bits per heavy atom. The lowest BCUT2D eigenvalue weighted by Gasteiger charge is -2.45. The number of ether oxygens (including phenoxy) is 1. The molecule has 1 aromatic heterocycles. The smallest absolute Gasteiger partial charge is 0.257 e. The molecule has 196 valence electrons. The van der Waals surface area contributed by atoms with Gasteiger partial charge in [-0.05, 0) is 68.1 Å². The molecule has 0 radical (unpaired) electrons. The van der Waals surface area contributed by atoms with E-state index in [1.807, 2.05) is 13.0 Å². The first-order valence-corrected chi connectivity index (χ1v) is 13.9. The van der Waals surface area contributed by atoms with Gasteiger partial charge in [0, 0.05) is 67.6 Å². The molecule has 3 heterocycles. The molecule has 9 nitrogen and oxygen atoms in total. The van der Waals surface area contributed by atoms with Gasteiger partial charge in [-0.15, -0.1) is 0 Å². The summed E-state index contributed by atoms with van der Waals surface area (Å²) in [6, 6.07) is 11.9. The summed E-state index contributed by atoms with van der Waals surface area (Å²) in [6.07, 6.45) is 2.92. The number of fused-ring (bicyclic) bond motifs is 2. The summed E-state index contributed by atoms with van der Waals surface area (Å²) in [5.74, 6) is -0.00405. The number of H-pyrrole nitrogens is 1. The molecule has 2 aromatic carbocycles. The van der Waals surface area contributed by atoms with Crippen molar-refractivity contribution in [1.82, 2.24) is 9.29 Å². The van der Waals surface area contributed by atoms with E-state index in [4.69, 9.17) is 4.74 Å². The van der Waals surface area contributed by atoms with Gasteiger partial charge < -0.3 is 19.9 Å². The number of hydrogen-bond donors (Lipinski definition) is 2. The third kappa shape index (κ3) is 4.88. The van der Waals surface area contributed by atoms with Gasteiger partial charge in [0.05, 0.1) is 17.1 Å². The highest BCUT2D eigenvalue weighted by molar-refractivity contribution is 7.89. The zero-order valence-corrected chi connectivity index (χ0v) is 22.1. The second-order valence-corrected chi connectivity index (χ2v) is 12.2. The van der Waals surface area contributed by atoms with E-state index in [0.29, 0.717) is 35.9 Å². The maximum Gasteiger partial charge on any atom is 0.257 e.